The van der Waals surface area contributed by atoms with Crippen LogP contribution >= 0.6 is 0 Å². The Morgan fingerprint density at radius 3 is 2.39 bits per heavy atom. The summed E-state index contributed by atoms with van der Waals surface area (Å²) < 4.78 is 16.3. The molecule has 1 amide bonds. The number of nitrogens with two attached hydrogens (primary N) is 1. The molecule has 2 aromatic rings. The van der Waals surface area contributed by atoms with Crippen LogP contribution in [0.3, 0.4) is 0 Å². The van der Waals surface area contributed by atoms with Gasteiger partial charge in [0.05, 0.1) is 11.6 Å². The summed E-state index contributed by atoms with van der Waals surface area (Å²) >= 11 is 0. The summed E-state index contributed by atoms with van der Waals surface area (Å²) in [5.41, 5.74) is 2.43. The van der Waals surface area contributed by atoms with Crippen molar-refractivity contribution in [3.8, 4) is 5.75 Å². The number of allylic oxidation sites excluding steroid dienone is 1. The molecule has 2 aromatic carbocycles. The third-order valence-electron chi connectivity index (χ3n) is 9.59. The van der Waals surface area contributed by atoms with Crippen LogP contribution in [0.25, 0.3) is 0 Å². The van der Waals surface area contributed by atoms with Gasteiger partial charge in [-0.1, -0.05) is 30.3 Å². The monoisotopic (exact) mass is 605 g/mol. The first-order valence-electron chi connectivity index (χ1n) is 14.8. The van der Waals surface area contributed by atoms with Crippen LogP contribution in [-0.4, -0.2) is 80.0 Å². The number of hydrogen-bond acceptors (Lipinski definition) is 9. The Morgan fingerprint density at radius 2 is 1.77 bits per heavy atom. The van der Waals surface area contributed by atoms with E-state index in [4.69, 9.17) is 5.73 Å². The van der Waals surface area contributed by atoms with Gasteiger partial charge in [0.2, 0.25) is 5.78 Å². The van der Waals surface area contributed by atoms with Gasteiger partial charge in [-0.05, 0) is 63.2 Å². The Bertz CT molecular complexity index is 1630. The van der Waals surface area contributed by atoms with Crippen LogP contribution < -0.4 is 5.73 Å². The molecule has 0 heterocycles. The fourth-order valence-corrected chi connectivity index (χ4v) is 7.40. The maximum absolute atomic E-state index is 16.3. The molecule has 4 atom stereocenters. The molecule has 0 spiro atoms. The first-order chi connectivity index (χ1) is 20.8. The minimum absolute atomic E-state index is 0.00389. The lowest BCUT2D eigenvalue weighted by Gasteiger charge is -2.50. The molecule has 0 aliphatic heterocycles. The number of hydrogen-bond donors (Lipinski definition) is 5. The predicted molar refractivity (Wildman–Crippen MR) is 157 cm³/mol. The molecule has 0 unspecified atom stereocenters. The highest BCUT2D eigenvalue weighted by atomic mass is 19.1. The lowest BCUT2D eigenvalue weighted by molar-refractivity contribution is -0.148. The van der Waals surface area contributed by atoms with Gasteiger partial charge in [0, 0.05) is 42.3 Å². The zero-order chi connectivity index (χ0) is 31.7. The number of halogens is 1. The fourth-order valence-electron chi connectivity index (χ4n) is 7.40. The molecule has 10 nitrogen and oxygen atoms in total. The van der Waals surface area contributed by atoms with Gasteiger partial charge in [0.1, 0.15) is 28.7 Å². The number of carbonyl (C=O) groups excluding carboxylic acids is 3. The number of likely N-dealkylation sites (N-methyl/N-ethyl adjacent to an activating group) is 1. The summed E-state index contributed by atoms with van der Waals surface area (Å²) in [7, 11) is 3.11. The molecular weight excluding hydrogens is 569 g/mol. The molecule has 4 aliphatic carbocycles. The zero-order valence-corrected chi connectivity index (χ0v) is 24.6. The van der Waals surface area contributed by atoms with Crippen LogP contribution in [0.2, 0.25) is 0 Å². The second kappa shape index (κ2) is 10.8. The van der Waals surface area contributed by atoms with Crippen molar-refractivity contribution in [3.05, 3.63) is 87.1 Å². The largest absolute Gasteiger partial charge is 0.510 e. The first-order valence-corrected chi connectivity index (χ1v) is 14.8. The van der Waals surface area contributed by atoms with E-state index in [1.807, 2.05) is 30.3 Å². The Hall–Kier alpha value is -4.06. The third-order valence-corrected chi connectivity index (χ3v) is 9.59. The number of phenolic OH excluding ortho intramolecular Hbond substituents is 1. The van der Waals surface area contributed by atoms with E-state index in [9.17, 15) is 34.8 Å². The van der Waals surface area contributed by atoms with E-state index in [1.165, 1.54) is 11.0 Å². The van der Waals surface area contributed by atoms with E-state index in [1.54, 1.807) is 14.1 Å². The van der Waals surface area contributed by atoms with Crippen molar-refractivity contribution < 1.29 is 39.2 Å². The van der Waals surface area contributed by atoms with Crippen molar-refractivity contribution in [2.24, 2.45) is 23.5 Å². The molecule has 11 heteroatoms. The van der Waals surface area contributed by atoms with Crippen LogP contribution in [0.15, 0.2) is 59.1 Å². The molecule has 1 fully saturated rings. The van der Waals surface area contributed by atoms with E-state index < -0.39 is 69.6 Å². The summed E-state index contributed by atoms with van der Waals surface area (Å²) in [6.07, 6.45) is 2.02. The van der Waals surface area contributed by atoms with Gasteiger partial charge >= 0.3 is 0 Å². The Kier molecular flexibility index (Phi) is 7.38. The average Bonchev–Trinajstić information content (AvgIpc) is 3.77. The smallest absolute Gasteiger partial charge is 0.255 e. The van der Waals surface area contributed by atoms with Gasteiger partial charge in [-0.15, -0.1) is 0 Å². The predicted octanol–water partition coefficient (Wildman–Crippen LogP) is 2.67. The van der Waals surface area contributed by atoms with Crippen LogP contribution in [0, 0.1) is 23.6 Å². The third kappa shape index (κ3) is 4.70. The van der Waals surface area contributed by atoms with E-state index in [-0.39, 0.29) is 41.6 Å². The van der Waals surface area contributed by atoms with E-state index >= 15 is 4.39 Å². The first kappa shape index (κ1) is 30.0. The number of amides is 1. The molecular formula is C33H36FN3O7. The number of aromatic hydroxyl groups is 1. The van der Waals surface area contributed by atoms with Crippen molar-refractivity contribution in [1.29, 1.82) is 0 Å². The summed E-state index contributed by atoms with van der Waals surface area (Å²) in [4.78, 5) is 43.0. The highest BCUT2D eigenvalue weighted by Crippen LogP contribution is 2.52. The van der Waals surface area contributed by atoms with E-state index in [0.717, 1.165) is 24.9 Å². The number of aliphatic hydroxyl groups is 3. The number of rotatable bonds is 8. The Balaban J connectivity index is 1.40. The quantitative estimate of drug-likeness (QED) is 0.285. The van der Waals surface area contributed by atoms with Crippen molar-refractivity contribution in [3.63, 3.8) is 0 Å². The minimum Gasteiger partial charge on any atom is -0.510 e. The number of aliphatic hydroxyl groups excluding tert-OH is 2. The van der Waals surface area contributed by atoms with Gasteiger partial charge in [-0.2, -0.15) is 0 Å². The molecule has 1 saturated carbocycles. The number of Topliss-reactive ketones (excluding diaryl/α,β-unsaturated/α-hetero) is 2. The molecule has 6 rings (SSSR count). The van der Waals surface area contributed by atoms with Gasteiger partial charge in [-0.3, -0.25) is 24.2 Å². The second-order valence-corrected chi connectivity index (χ2v) is 12.8. The average molecular weight is 606 g/mol. The van der Waals surface area contributed by atoms with Crippen LogP contribution in [-0.2, 0) is 29.1 Å². The molecule has 4 aliphatic rings. The molecule has 0 radical (unpaired) electrons. The molecule has 0 saturated heterocycles. The zero-order valence-electron chi connectivity index (χ0n) is 24.6. The van der Waals surface area contributed by atoms with Crippen LogP contribution in [0.4, 0.5) is 4.39 Å². The Labute approximate surface area is 253 Å². The lowest BCUT2D eigenvalue weighted by atomic mass is 9.58. The number of phenols is 1. The second-order valence-electron chi connectivity index (χ2n) is 12.8. The molecule has 0 bridgehead atoms. The van der Waals surface area contributed by atoms with E-state index in [0.29, 0.717) is 12.5 Å². The number of carbonyl (C=O) groups is 3. The minimum atomic E-state index is -2.74. The number of benzene rings is 2. The SMILES string of the molecule is CN(C)[C@@H]1C(O)=C(C(N)=O)C(=O)[C@@]2(O)C(O)=C3C(=O)c4c(O)cc(CN(Cc5ccccc5)CC5CC5)c(F)c4C[C@H]3C[C@@H]12. The standard InChI is InChI=1S/C33H36FN3O7/c1-36(2)27-21-11-18-10-20-24(28(39)23(18)30(41)33(21,44)31(42)25(29(27)40)32(35)43)22(38)12-19(26(20)34)15-37(14-17-8-9-17)13-16-6-4-3-5-7-16/h3-7,12,17-18,21,27,38,40-41,44H,8-11,13-15H2,1-2H3,(H2,35,43)/t18-,21-,27-,33-/m0/s1. The van der Waals surface area contributed by atoms with E-state index in [2.05, 4.69) is 4.90 Å². The summed E-state index contributed by atoms with van der Waals surface area (Å²) in [6, 6.07) is 9.93. The Morgan fingerprint density at radius 1 is 1.09 bits per heavy atom. The summed E-state index contributed by atoms with van der Waals surface area (Å²) in [6.45, 7) is 1.56. The topological polar surface area (TPSA) is 165 Å². The van der Waals surface area contributed by atoms with Crippen molar-refractivity contribution >= 4 is 17.5 Å². The van der Waals surface area contributed by atoms with Gasteiger partial charge < -0.3 is 26.2 Å². The highest BCUT2D eigenvalue weighted by Gasteiger charge is 2.63. The number of fused-ring (bicyclic) bond motifs is 3. The van der Waals surface area contributed by atoms with Crippen molar-refractivity contribution in [1.82, 2.24) is 9.80 Å². The van der Waals surface area contributed by atoms with Crippen molar-refractivity contribution in [2.45, 2.75) is 50.4 Å². The maximum Gasteiger partial charge on any atom is 0.255 e. The van der Waals surface area contributed by atoms with Crippen LogP contribution in [0.5, 0.6) is 5.75 Å². The fraction of sp³-hybridized carbons (Fsp3) is 0.424. The number of nitrogens with zero attached hydrogens (tertiary/aromatic N) is 2. The summed E-state index contributed by atoms with van der Waals surface area (Å²) in [5, 5.41) is 45.1. The maximum atomic E-state index is 16.3. The van der Waals surface area contributed by atoms with Gasteiger partial charge in [0.25, 0.3) is 5.91 Å². The molecule has 0 aromatic heterocycles. The number of primary amides is 1. The molecule has 6 N–H and O–H groups in total. The van der Waals surface area contributed by atoms with Gasteiger partial charge in [-0.25, -0.2) is 4.39 Å². The number of ketones is 2. The van der Waals surface area contributed by atoms with Crippen molar-refractivity contribution in [2.75, 3.05) is 20.6 Å². The van der Waals surface area contributed by atoms with Crippen LogP contribution in [0.1, 0.15) is 46.3 Å². The summed E-state index contributed by atoms with van der Waals surface area (Å²) in [5.74, 6) is -7.70. The molecule has 232 valence electrons. The normalized spacial score (nSPS) is 26.6. The molecule has 44 heavy (non-hydrogen) atoms. The highest BCUT2D eigenvalue weighted by molar-refractivity contribution is 6.24. The lowest BCUT2D eigenvalue weighted by Crippen LogP contribution is -2.63. The van der Waals surface area contributed by atoms with Gasteiger partial charge in [0.15, 0.2) is 11.4 Å².